The molecule has 256 valence electrons. The van der Waals surface area contributed by atoms with Crippen LogP contribution in [0.3, 0.4) is 0 Å². The summed E-state index contributed by atoms with van der Waals surface area (Å²) in [6, 6.07) is 7.34. The molecule has 0 bridgehead atoms. The van der Waals surface area contributed by atoms with E-state index in [2.05, 4.69) is 56.1 Å². The molecule has 1 saturated carbocycles. The van der Waals surface area contributed by atoms with E-state index in [0.717, 1.165) is 76.5 Å². The first-order chi connectivity index (χ1) is 23.7. The number of nitrogens with zero attached hydrogens (tertiary/aromatic N) is 7. The number of nitrogens with two attached hydrogens (primary N) is 1. The van der Waals surface area contributed by atoms with Crippen molar-refractivity contribution in [3.63, 3.8) is 0 Å². The average Bonchev–Trinajstić information content (AvgIpc) is 3.86. The summed E-state index contributed by atoms with van der Waals surface area (Å²) in [4.78, 5) is 50.2. The highest BCUT2D eigenvalue weighted by Gasteiger charge is 2.32. The third-order valence-corrected chi connectivity index (χ3v) is 9.67. The number of nitrogen functional groups attached to an aromatic ring is 1. The predicted molar refractivity (Wildman–Crippen MR) is 187 cm³/mol. The number of imidazole rings is 1. The van der Waals surface area contributed by atoms with Gasteiger partial charge >= 0.3 is 5.97 Å². The molecule has 1 aromatic carbocycles. The van der Waals surface area contributed by atoms with E-state index in [4.69, 9.17) is 10.7 Å². The summed E-state index contributed by atoms with van der Waals surface area (Å²) in [7, 11) is 0. The summed E-state index contributed by atoms with van der Waals surface area (Å²) < 4.78 is 17.3. The van der Waals surface area contributed by atoms with E-state index in [-0.39, 0.29) is 28.3 Å². The Bertz CT molecular complexity index is 2100. The molecule has 0 atom stereocenters. The molecule has 14 heteroatoms. The number of carbonyl (C=O) groups is 1. The maximum atomic E-state index is 15.2. The number of aryl methyl sites for hydroxylation is 3. The number of hydrogen-bond acceptors (Lipinski definition) is 10. The van der Waals surface area contributed by atoms with E-state index in [1.54, 1.807) is 6.33 Å². The van der Waals surface area contributed by atoms with Crippen LogP contribution in [0, 0.1) is 12.7 Å². The second kappa shape index (κ2) is 13.4. The summed E-state index contributed by atoms with van der Waals surface area (Å²) in [5.41, 5.74) is 10.6. The van der Waals surface area contributed by atoms with Gasteiger partial charge < -0.3 is 30.6 Å². The van der Waals surface area contributed by atoms with Gasteiger partial charge in [0.15, 0.2) is 23.1 Å². The molecule has 2 fully saturated rings. The molecular weight excluding hydrogens is 627 g/mol. The van der Waals surface area contributed by atoms with Crippen molar-refractivity contribution in [3.05, 3.63) is 69.0 Å². The number of aromatic amines is 1. The quantitative estimate of drug-likeness (QED) is 0.132. The van der Waals surface area contributed by atoms with Crippen LogP contribution in [-0.4, -0.2) is 78.2 Å². The number of unbranched alkanes of at least 4 members (excludes halogenated alkanes) is 2. The Morgan fingerprint density at radius 2 is 1.86 bits per heavy atom. The summed E-state index contributed by atoms with van der Waals surface area (Å²) in [5.74, 6) is -0.943. The second-order valence-electron chi connectivity index (χ2n) is 13.1. The van der Waals surface area contributed by atoms with Gasteiger partial charge in [-0.1, -0.05) is 19.4 Å². The third kappa shape index (κ3) is 6.64. The Hall–Kier alpha value is -5.11. The molecule has 1 saturated heterocycles. The van der Waals surface area contributed by atoms with E-state index in [9.17, 15) is 14.7 Å². The number of hydrogen-bond donors (Lipinski definition) is 4. The number of H-pyrrole nitrogens is 1. The number of halogens is 1. The third-order valence-electron chi connectivity index (χ3n) is 9.67. The molecule has 7 rings (SSSR count). The van der Waals surface area contributed by atoms with Crippen molar-refractivity contribution in [2.24, 2.45) is 0 Å². The van der Waals surface area contributed by atoms with E-state index in [0.29, 0.717) is 41.7 Å². The molecule has 5 N–H and O–H groups in total. The number of carboxylic acid groups (broad SMARTS) is 1. The molecule has 4 aromatic heterocycles. The summed E-state index contributed by atoms with van der Waals surface area (Å²) >= 11 is 0. The zero-order valence-electron chi connectivity index (χ0n) is 27.8. The van der Waals surface area contributed by atoms with Gasteiger partial charge in [-0.15, -0.1) is 0 Å². The van der Waals surface area contributed by atoms with E-state index >= 15 is 4.39 Å². The second-order valence-corrected chi connectivity index (χ2v) is 13.1. The molecule has 5 heterocycles. The molecule has 2 aliphatic rings. The number of nitrogens with one attached hydrogen (secondary N) is 2. The molecule has 0 spiro atoms. The van der Waals surface area contributed by atoms with Gasteiger partial charge in [-0.2, -0.15) is 9.97 Å². The minimum Gasteiger partial charge on any atom is -0.477 e. The molecule has 1 aliphatic heterocycles. The Kier molecular flexibility index (Phi) is 8.88. The Morgan fingerprint density at radius 3 is 2.59 bits per heavy atom. The molecule has 13 nitrogen and oxygen atoms in total. The van der Waals surface area contributed by atoms with Gasteiger partial charge in [-0.05, 0) is 74.9 Å². The summed E-state index contributed by atoms with van der Waals surface area (Å²) in [5, 5.41) is 12.9. The fraction of sp³-hybridized carbons (Fsp3) is 0.429. The van der Waals surface area contributed by atoms with Crippen molar-refractivity contribution in [1.29, 1.82) is 0 Å². The first-order valence-corrected chi connectivity index (χ1v) is 17.0. The lowest BCUT2D eigenvalue weighted by Crippen LogP contribution is -2.47. The fourth-order valence-corrected chi connectivity index (χ4v) is 6.73. The van der Waals surface area contributed by atoms with Gasteiger partial charge in [0.2, 0.25) is 11.4 Å². The minimum atomic E-state index is -1.30. The van der Waals surface area contributed by atoms with Crippen LogP contribution in [0.2, 0.25) is 0 Å². The number of piperazine rings is 1. The zero-order chi connectivity index (χ0) is 34.2. The van der Waals surface area contributed by atoms with Crippen molar-refractivity contribution in [3.8, 4) is 0 Å². The van der Waals surface area contributed by atoms with E-state index in [1.807, 2.05) is 15.5 Å². The molecule has 49 heavy (non-hydrogen) atoms. The molecule has 5 aromatic rings. The van der Waals surface area contributed by atoms with Crippen LogP contribution >= 0.6 is 0 Å². The van der Waals surface area contributed by atoms with Gasteiger partial charge in [-0.3, -0.25) is 9.69 Å². The van der Waals surface area contributed by atoms with Crippen molar-refractivity contribution >= 4 is 51.4 Å². The number of fused-ring (bicyclic) bond motifs is 2. The van der Waals surface area contributed by atoms with E-state index < -0.39 is 17.2 Å². The SMILES string of the molecule is CCc1cc(Nc2nc(N)c3ncn(CCCCCN4CCN(c5nc6[nH]c(C7CC7)c(C(=O)O)c(=O)c6cc5F)CC4)c3n2)ccc1C. The number of anilines is 4. The lowest BCUT2D eigenvalue weighted by Gasteiger charge is -2.35. The zero-order valence-corrected chi connectivity index (χ0v) is 27.8. The standard InChI is InChI=1S/C35H41FN10O3/c1-3-21-17-23(10-7-20(21)2)39-35-41-30(37)28-33(43-35)46(19-38-28)12-6-4-5-11-44-13-15-45(16-14-44)32-25(36)18-24-29(47)26(34(48)49)27(22-8-9-22)40-31(24)42-32/h7,10,17-19,22H,3-6,8-9,11-16H2,1-2H3,(H,48,49)(H,40,42,47)(H3,37,39,41,43). The highest BCUT2D eigenvalue weighted by Crippen LogP contribution is 2.40. The Morgan fingerprint density at radius 1 is 1.08 bits per heavy atom. The van der Waals surface area contributed by atoms with Crippen molar-refractivity contribution < 1.29 is 14.3 Å². The highest BCUT2D eigenvalue weighted by atomic mass is 19.1. The van der Waals surface area contributed by atoms with E-state index in [1.165, 1.54) is 11.1 Å². The molecule has 0 radical (unpaired) electrons. The molecule has 0 amide bonds. The van der Waals surface area contributed by atoms with Gasteiger partial charge in [0.1, 0.15) is 16.7 Å². The number of benzene rings is 1. The number of aromatic nitrogens is 6. The number of pyridine rings is 2. The fourth-order valence-electron chi connectivity index (χ4n) is 6.73. The monoisotopic (exact) mass is 668 g/mol. The molecule has 0 unspecified atom stereocenters. The maximum Gasteiger partial charge on any atom is 0.341 e. The van der Waals surface area contributed by atoms with Crippen LogP contribution in [0.1, 0.15) is 72.1 Å². The van der Waals surface area contributed by atoms with Gasteiger partial charge in [-0.25, -0.2) is 19.2 Å². The Labute approximate surface area is 282 Å². The number of rotatable bonds is 12. The number of carboxylic acids is 1. The van der Waals surface area contributed by atoms with Crippen LogP contribution in [0.5, 0.6) is 0 Å². The highest BCUT2D eigenvalue weighted by molar-refractivity contribution is 5.93. The first kappa shape index (κ1) is 32.4. The van der Waals surface area contributed by atoms with Gasteiger partial charge in [0, 0.05) is 50.0 Å². The van der Waals surface area contributed by atoms with Crippen molar-refractivity contribution in [2.75, 3.05) is 48.7 Å². The summed E-state index contributed by atoms with van der Waals surface area (Å²) in [6.07, 6.45) is 7.33. The van der Waals surface area contributed by atoms with Crippen LogP contribution in [-0.2, 0) is 13.0 Å². The van der Waals surface area contributed by atoms with Gasteiger partial charge in [0.25, 0.3) is 0 Å². The lowest BCUT2D eigenvalue weighted by molar-refractivity contribution is 0.0694. The number of aromatic carboxylic acids is 1. The lowest BCUT2D eigenvalue weighted by atomic mass is 10.1. The normalized spacial score (nSPS) is 15.4. The van der Waals surface area contributed by atoms with Crippen molar-refractivity contribution in [2.45, 2.75) is 64.8 Å². The Balaban J connectivity index is 0.921. The molecular formula is C35H41FN10O3. The topological polar surface area (TPSA) is 171 Å². The largest absolute Gasteiger partial charge is 0.477 e. The smallest absolute Gasteiger partial charge is 0.341 e. The molecule has 1 aliphatic carbocycles. The van der Waals surface area contributed by atoms with Crippen molar-refractivity contribution in [1.82, 2.24) is 34.4 Å². The van der Waals surface area contributed by atoms with Crippen LogP contribution < -0.4 is 21.4 Å². The van der Waals surface area contributed by atoms with Crippen LogP contribution in [0.4, 0.5) is 27.7 Å². The van der Waals surface area contributed by atoms with Crippen LogP contribution in [0.15, 0.2) is 35.4 Å². The first-order valence-electron chi connectivity index (χ1n) is 17.0. The maximum absolute atomic E-state index is 15.2. The average molecular weight is 669 g/mol. The predicted octanol–water partition coefficient (Wildman–Crippen LogP) is 4.97. The van der Waals surface area contributed by atoms with Crippen LogP contribution in [0.25, 0.3) is 22.2 Å². The van der Waals surface area contributed by atoms with Gasteiger partial charge in [0.05, 0.1) is 11.7 Å². The summed E-state index contributed by atoms with van der Waals surface area (Å²) in [6.45, 7) is 8.66. The minimum absolute atomic E-state index is 0.00266.